The predicted octanol–water partition coefficient (Wildman–Crippen LogP) is 5.57. The molecule has 0 amide bonds. The Balaban J connectivity index is 1.53. The average Bonchev–Trinajstić information content (AvgIpc) is 3.24. The number of fused-ring (bicyclic) bond motifs is 1. The summed E-state index contributed by atoms with van der Waals surface area (Å²) in [4.78, 5) is 8.73. The lowest BCUT2D eigenvalue weighted by Crippen LogP contribution is -2.52. The first-order valence-electron chi connectivity index (χ1n) is 9.82. The summed E-state index contributed by atoms with van der Waals surface area (Å²) < 4.78 is 6.40. The van der Waals surface area contributed by atoms with Crippen LogP contribution in [0, 0.1) is 0 Å². The van der Waals surface area contributed by atoms with E-state index in [-0.39, 0.29) is 0 Å². The quantitative estimate of drug-likeness (QED) is 0.513. The molecule has 0 radical (unpaired) electrons. The largest absolute Gasteiger partial charge is 0.489 e. The molecule has 2 aliphatic heterocycles. The number of hydrogen-bond acceptors (Lipinski definition) is 4. The van der Waals surface area contributed by atoms with Gasteiger partial charge in [-0.25, -0.2) is 4.99 Å². The molecular formula is C25H21N4O+. The summed E-state index contributed by atoms with van der Waals surface area (Å²) in [7, 11) is 0. The van der Waals surface area contributed by atoms with Gasteiger partial charge in [-0.2, -0.15) is 5.01 Å². The molecule has 0 saturated heterocycles. The van der Waals surface area contributed by atoms with E-state index in [0.717, 1.165) is 28.4 Å². The fourth-order valence-corrected chi connectivity index (χ4v) is 3.66. The van der Waals surface area contributed by atoms with Crippen LogP contribution in [0.4, 0.5) is 11.4 Å². The summed E-state index contributed by atoms with van der Waals surface area (Å²) in [5.41, 5.74) is 4.14. The Morgan fingerprint density at radius 2 is 1.57 bits per heavy atom. The lowest BCUT2D eigenvalue weighted by atomic mass is 10.2. The molecule has 0 fully saturated rings. The van der Waals surface area contributed by atoms with Gasteiger partial charge in [0.25, 0.3) is 0 Å². The number of rotatable bonds is 6. The highest BCUT2D eigenvalue weighted by Gasteiger charge is 2.42. The van der Waals surface area contributed by atoms with Crippen LogP contribution in [0.3, 0.4) is 0 Å². The molecule has 3 aromatic rings. The zero-order chi connectivity index (χ0) is 20.2. The van der Waals surface area contributed by atoms with Gasteiger partial charge in [-0.1, -0.05) is 54.6 Å². The molecule has 2 aliphatic rings. The monoisotopic (exact) mass is 393 g/mol. The highest BCUT2D eigenvalue weighted by Crippen LogP contribution is 2.38. The maximum atomic E-state index is 6.09. The number of ether oxygens (including phenoxy) is 1. The summed E-state index contributed by atoms with van der Waals surface area (Å²) >= 11 is 0. The van der Waals surface area contributed by atoms with Crippen LogP contribution < -0.4 is 9.75 Å². The van der Waals surface area contributed by atoms with E-state index in [2.05, 4.69) is 51.4 Å². The Morgan fingerprint density at radius 3 is 2.40 bits per heavy atom. The Labute approximate surface area is 175 Å². The number of allylic oxidation sites excluding steroid dienone is 1. The zero-order valence-electron chi connectivity index (χ0n) is 16.4. The molecule has 146 valence electrons. The SMILES string of the molecule is C1=C[N+]2(N(c3ccccc3)c3cccc(OCc4ccccc4)c3)C=NC=C2C=N1. The Bertz CT molecular complexity index is 1150. The van der Waals surface area contributed by atoms with Crippen LogP contribution in [0.1, 0.15) is 5.56 Å². The van der Waals surface area contributed by atoms with E-state index >= 15 is 0 Å². The minimum absolute atomic E-state index is 0.315. The van der Waals surface area contributed by atoms with Crippen LogP contribution in [0.5, 0.6) is 5.75 Å². The van der Waals surface area contributed by atoms with Gasteiger partial charge in [-0.3, -0.25) is 4.99 Å². The number of para-hydroxylation sites is 1. The molecule has 30 heavy (non-hydrogen) atoms. The van der Waals surface area contributed by atoms with Crippen LogP contribution in [0.2, 0.25) is 0 Å². The highest BCUT2D eigenvalue weighted by molar-refractivity contribution is 5.83. The van der Waals surface area contributed by atoms with Gasteiger partial charge in [0.15, 0.2) is 6.20 Å². The first-order valence-corrected chi connectivity index (χ1v) is 9.82. The van der Waals surface area contributed by atoms with Crippen molar-refractivity contribution in [3.05, 3.63) is 115 Å². The molecule has 0 aromatic heterocycles. The first-order chi connectivity index (χ1) is 14.9. The molecule has 0 spiro atoms. The highest BCUT2D eigenvalue weighted by atomic mass is 16.5. The van der Waals surface area contributed by atoms with Gasteiger partial charge in [-0.05, 0) is 29.8 Å². The minimum atomic E-state index is 0.315. The summed E-state index contributed by atoms with van der Waals surface area (Å²) in [5.74, 6) is 0.812. The summed E-state index contributed by atoms with van der Waals surface area (Å²) in [6.45, 7) is 0.523. The third kappa shape index (κ3) is 3.32. The topological polar surface area (TPSA) is 37.2 Å². The Morgan fingerprint density at radius 1 is 0.800 bits per heavy atom. The zero-order valence-corrected chi connectivity index (χ0v) is 16.4. The second-order valence-electron chi connectivity index (χ2n) is 7.05. The van der Waals surface area contributed by atoms with Gasteiger partial charge in [0.05, 0.1) is 30.0 Å². The van der Waals surface area contributed by atoms with Crippen molar-refractivity contribution >= 4 is 23.9 Å². The average molecular weight is 393 g/mol. The van der Waals surface area contributed by atoms with E-state index in [1.165, 1.54) is 0 Å². The summed E-state index contributed by atoms with van der Waals surface area (Å²) in [6.07, 6.45) is 9.42. The molecule has 0 bridgehead atoms. The van der Waals surface area contributed by atoms with E-state index in [9.17, 15) is 0 Å². The van der Waals surface area contributed by atoms with Crippen molar-refractivity contribution < 1.29 is 9.33 Å². The number of nitrogens with zero attached hydrogens (tertiary/aromatic N) is 4. The Kier molecular flexibility index (Phi) is 4.71. The fraction of sp³-hybridized carbons (Fsp3) is 0.0400. The smallest absolute Gasteiger partial charge is 0.225 e. The molecule has 0 aliphatic carbocycles. The van der Waals surface area contributed by atoms with Crippen molar-refractivity contribution in [2.75, 3.05) is 5.01 Å². The van der Waals surface area contributed by atoms with E-state index in [1.807, 2.05) is 73.5 Å². The van der Waals surface area contributed by atoms with Crippen molar-refractivity contribution in [3.8, 4) is 5.75 Å². The molecule has 0 saturated carbocycles. The van der Waals surface area contributed by atoms with E-state index in [0.29, 0.717) is 11.2 Å². The van der Waals surface area contributed by atoms with Gasteiger partial charge >= 0.3 is 0 Å². The van der Waals surface area contributed by atoms with Crippen LogP contribution in [-0.4, -0.2) is 17.1 Å². The summed E-state index contributed by atoms with van der Waals surface area (Å²) in [6, 6.07) is 28.6. The molecule has 1 atom stereocenters. The molecule has 2 heterocycles. The van der Waals surface area contributed by atoms with Gasteiger partial charge < -0.3 is 4.74 Å². The van der Waals surface area contributed by atoms with Crippen LogP contribution in [0.25, 0.3) is 0 Å². The molecular weight excluding hydrogens is 372 g/mol. The predicted molar refractivity (Wildman–Crippen MR) is 120 cm³/mol. The number of benzene rings is 3. The number of hydrogen-bond donors (Lipinski definition) is 0. The fourth-order valence-electron chi connectivity index (χ4n) is 3.66. The van der Waals surface area contributed by atoms with Crippen molar-refractivity contribution in [2.24, 2.45) is 9.98 Å². The number of aliphatic imine (C=N–C) groups is 2. The normalized spacial score (nSPS) is 18.7. The summed E-state index contributed by atoms with van der Waals surface area (Å²) in [5, 5.41) is 2.21. The van der Waals surface area contributed by atoms with Gasteiger partial charge in [0.2, 0.25) is 12.0 Å². The first kappa shape index (κ1) is 18.1. The van der Waals surface area contributed by atoms with E-state index < -0.39 is 0 Å². The lowest BCUT2D eigenvalue weighted by molar-refractivity contribution is -0.734. The van der Waals surface area contributed by atoms with Gasteiger partial charge in [0.1, 0.15) is 12.4 Å². The molecule has 5 nitrogen and oxygen atoms in total. The lowest BCUT2D eigenvalue weighted by Gasteiger charge is -2.39. The molecule has 5 rings (SSSR count). The van der Waals surface area contributed by atoms with Crippen molar-refractivity contribution in [2.45, 2.75) is 6.61 Å². The van der Waals surface area contributed by atoms with Gasteiger partial charge in [0, 0.05) is 6.07 Å². The third-order valence-corrected chi connectivity index (χ3v) is 5.09. The van der Waals surface area contributed by atoms with Crippen LogP contribution in [0.15, 0.2) is 119 Å². The van der Waals surface area contributed by atoms with Crippen molar-refractivity contribution in [3.63, 3.8) is 0 Å². The molecule has 1 unspecified atom stereocenters. The molecule has 3 aromatic carbocycles. The van der Waals surface area contributed by atoms with E-state index in [4.69, 9.17) is 4.74 Å². The maximum Gasteiger partial charge on any atom is 0.225 e. The van der Waals surface area contributed by atoms with Crippen LogP contribution >= 0.6 is 0 Å². The van der Waals surface area contributed by atoms with E-state index in [1.54, 1.807) is 6.20 Å². The van der Waals surface area contributed by atoms with Crippen LogP contribution in [-0.2, 0) is 6.61 Å². The number of anilines is 2. The molecule has 0 N–H and O–H groups in total. The number of quaternary nitrogens is 1. The second kappa shape index (κ2) is 7.81. The van der Waals surface area contributed by atoms with Gasteiger partial charge in [-0.15, -0.1) is 4.59 Å². The minimum Gasteiger partial charge on any atom is -0.489 e. The molecule has 5 heteroatoms. The Hall–Kier alpha value is -3.96. The van der Waals surface area contributed by atoms with Crippen molar-refractivity contribution in [1.29, 1.82) is 0 Å². The second-order valence-corrected chi connectivity index (χ2v) is 7.05. The van der Waals surface area contributed by atoms with Crippen molar-refractivity contribution in [1.82, 2.24) is 0 Å². The maximum absolute atomic E-state index is 6.09. The standard InChI is InChI=1S/C25H21N4O/c1-3-8-21(9-4-1)19-30-25-13-7-12-23(16-25)28(22-10-5-2-6-11-22)29-15-14-26-17-24(29)18-27-20-29/h1-18,20H,19H2/q+1. The third-order valence-electron chi connectivity index (χ3n) is 5.09.